The van der Waals surface area contributed by atoms with Crippen LogP contribution in [0.25, 0.3) is 0 Å². The number of benzene rings is 1. The van der Waals surface area contributed by atoms with E-state index in [1.54, 1.807) is 0 Å². The smallest absolute Gasteiger partial charge is 0.201 e. The van der Waals surface area contributed by atoms with Gasteiger partial charge in [-0.1, -0.05) is 169 Å². The quantitative estimate of drug-likeness (QED) is 0.0656. The van der Waals surface area contributed by atoms with Crippen molar-refractivity contribution in [3.8, 4) is 17.2 Å². The number of phenols is 2. The lowest BCUT2D eigenvalue weighted by molar-refractivity contribution is 0.278. The predicted octanol–water partition coefficient (Wildman–Crippen LogP) is 13.3. The molecule has 0 aliphatic heterocycles. The van der Waals surface area contributed by atoms with Crippen molar-refractivity contribution in [3.05, 3.63) is 16.7 Å². The molecule has 0 aliphatic rings. The Labute approximate surface area is 269 Å². The first-order chi connectivity index (χ1) is 21.1. The molecule has 0 spiro atoms. The Balaban J connectivity index is 3.07. The van der Waals surface area contributed by atoms with Gasteiger partial charge in [0, 0.05) is 11.1 Å². The third kappa shape index (κ3) is 18.2. The number of rotatable bonds is 31. The molecule has 3 heteroatoms. The van der Waals surface area contributed by atoms with Gasteiger partial charge in [-0.05, 0) is 50.5 Å². The molecule has 0 saturated heterocycles. The van der Waals surface area contributed by atoms with E-state index in [0.717, 1.165) is 50.5 Å². The first-order valence-electron chi connectivity index (χ1n) is 19.3. The summed E-state index contributed by atoms with van der Waals surface area (Å²) in [5.41, 5.74) is 3.53. The number of phenolic OH excluding ortho intramolecular Hbond substituents is 2. The van der Waals surface area contributed by atoms with Gasteiger partial charge in [-0.25, -0.2) is 0 Å². The highest BCUT2D eigenvalue weighted by atomic mass is 16.5. The maximum atomic E-state index is 11.4. The molecule has 2 N–H and O–H groups in total. The summed E-state index contributed by atoms with van der Waals surface area (Å²) < 4.78 is 6.40. The van der Waals surface area contributed by atoms with Gasteiger partial charge in [0.25, 0.3) is 0 Å². The first kappa shape index (κ1) is 39.6. The summed E-state index contributed by atoms with van der Waals surface area (Å²) in [5, 5.41) is 22.7. The number of unbranched alkanes of at least 4 members (excludes halogenated alkanes) is 22. The highest BCUT2D eigenvalue weighted by molar-refractivity contribution is 5.62. The molecule has 252 valence electrons. The maximum absolute atomic E-state index is 11.4. The van der Waals surface area contributed by atoms with E-state index in [4.69, 9.17) is 4.74 Å². The fourth-order valence-corrected chi connectivity index (χ4v) is 6.50. The monoisotopic (exact) mass is 603 g/mol. The second-order valence-corrected chi connectivity index (χ2v) is 13.3. The highest BCUT2D eigenvalue weighted by Gasteiger charge is 2.24. The fraction of sp³-hybridized carbons (Fsp3) is 0.850. The van der Waals surface area contributed by atoms with Crippen molar-refractivity contribution in [2.75, 3.05) is 6.61 Å². The van der Waals surface area contributed by atoms with Gasteiger partial charge in [-0.3, -0.25) is 0 Å². The molecule has 0 amide bonds. The van der Waals surface area contributed by atoms with Crippen LogP contribution in [0.1, 0.15) is 211 Å². The van der Waals surface area contributed by atoms with Crippen molar-refractivity contribution < 1.29 is 14.9 Å². The molecule has 0 radical (unpaired) electrons. The average Bonchev–Trinajstić information content (AvgIpc) is 3.01. The summed E-state index contributed by atoms with van der Waals surface area (Å²) in [6, 6.07) is 0. The largest absolute Gasteiger partial charge is 0.504 e. The minimum Gasteiger partial charge on any atom is -0.504 e. The van der Waals surface area contributed by atoms with E-state index < -0.39 is 0 Å². The Morgan fingerprint density at radius 2 is 0.674 bits per heavy atom. The molecule has 43 heavy (non-hydrogen) atoms. The van der Waals surface area contributed by atoms with E-state index in [2.05, 4.69) is 27.7 Å². The minimum atomic E-state index is 0.00762. The van der Waals surface area contributed by atoms with Crippen molar-refractivity contribution in [2.45, 2.75) is 214 Å². The lowest BCUT2D eigenvalue weighted by Gasteiger charge is -2.23. The van der Waals surface area contributed by atoms with Crippen molar-refractivity contribution in [1.82, 2.24) is 0 Å². The number of hydrogen-bond acceptors (Lipinski definition) is 3. The lowest BCUT2D eigenvalue weighted by Crippen LogP contribution is -2.08. The van der Waals surface area contributed by atoms with Gasteiger partial charge in [0.1, 0.15) is 0 Å². The van der Waals surface area contributed by atoms with Crippen LogP contribution in [0.4, 0.5) is 0 Å². The second kappa shape index (κ2) is 28.1. The van der Waals surface area contributed by atoms with Crippen molar-refractivity contribution in [3.63, 3.8) is 0 Å². The Kier molecular flexibility index (Phi) is 25.9. The second-order valence-electron chi connectivity index (χ2n) is 13.3. The van der Waals surface area contributed by atoms with Gasteiger partial charge in [-0.2, -0.15) is 0 Å². The van der Waals surface area contributed by atoms with E-state index >= 15 is 0 Å². The van der Waals surface area contributed by atoms with E-state index in [1.165, 1.54) is 152 Å². The van der Waals surface area contributed by atoms with Crippen LogP contribution in [0, 0.1) is 0 Å². The topological polar surface area (TPSA) is 49.7 Å². The maximum Gasteiger partial charge on any atom is 0.201 e. The summed E-state index contributed by atoms with van der Waals surface area (Å²) in [7, 11) is 0. The zero-order valence-corrected chi connectivity index (χ0v) is 29.5. The zero-order chi connectivity index (χ0) is 31.4. The third-order valence-corrected chi connectivity index (χ3v) is 9.31. The molecule has 0 aromatic heterocycles. The van der Waals surface area contributed by atoms with Crippen LogP contribution in [0.3, 0.4) is 0 Å². The standard InChI is InChI=1S/C40H74O3/c1-5-9-13-17-21-22-26-30-34-43-40-37(33-29-25-20-16-12-8-4)35(31-27-23-18-14-10-6-2)36(38(41)39(40)42)32-28-24-19-15-11-7-3/h41-42H,5-34H2,1-4H3. The normalized spacial score (nSPS) is 11.4. The molecule has 0 atom stereocenters. The van der Waals surface area contributed by atoms with Gasteiger partial charge in [0.15, 0.2) is 11.5 Å². The molecule has 0 heterocycles. The average molecular weight is 603 g/mol. The third-order valence-electron chi connectivity index (χ3n) is 9.31. The Hall–Kier alpha value is -1.38. The van der Waals surface area contributed by atoms with Gasteiger partial charge in [-0.15, -0.1) is 0 Å². The number of ether oxygens (including phenoxy) is 1. The highest BCUT2D eigenvalue weighted by Crippen LogP contribution is 2.46. The summed E-state index contributed by atoms with van der Waals surface area (Å²) >= 11 is 0. The van der Waals surface area contributed by atoms with Crippen LogP contribution >= 0.6 is 0 Å². The summed E-state index contributed by atoms with van der Waals surface area (Å²) in [6.45, 7) is 9.70. The van der Waals surface area contributed by atoms with Crippen molar-refractivity contribution in [1.29, 1.82) is 0 Å². The van der Waals surface area contributed by atoms with E-state index in [-0.39, 0.29) is 11.5 Å². The molecule has 1 aromatic rings. The van der Waals surface area contributed by atoms with Crippen LogP contribution in [-0.4, -0.2) is 16.8 Å². The fourth-order valence-electron chi connectivity index (χ4n) is 6.50. The first-order valence-corrected chi connectivity index (χ1v) is 19.3. The summed E-state index contributed by atoms with van der Waals surface area (Å²) in [6.07, 6.45) is 35.4. The summed E-state index contributed by atoms with van der Waals surface area (Å²) in [4.78, 5) is 0. The van der Waals surface area contributed by atoms with Gasteiger partial charge >= 0.3 is 0 Å². The minimum absolute atomic E-state index is 0.00762. The molecule has 1 rings (SSSR count). The van der Waals surface area contributed by atoms with Crippen LogP contribution in [0.15, 0.2) is 0 Å². The molecule has 1 aromatic carbocycles. The van der Waals surface area contributed by atoms with Crippen LogP contribution < -0.4 is 4.74 Å². The van der Waals surface area contributed by atoms with E-state index in [1.807, 2.05) is 0 Å². The number of aromatic hydroxyl groups is 2. The van der Waals surface area contributed by atoms with Gasteiger partial charge in [0.2, 0.25) is 5.75 Å². The Bertz CT molecular complexity index is 772. The van der Waals surface area contributed by atoms with Crippen molar-refractivity contribution >= 4 is 0 Å². The molecule has 0 bridgehead atoms. The van der Waals surface area contributed by atoms with Crippen LogP contribution in [-0.2, 0) is 19.3 Å². The molecule has 0 fully saturated rings. The molecular formula is C40H74O3. The van der Waals surface area contributed by atoms with E-state index in [0.29, 0.717) is 12.4 Å². The Morgan fingerprint density at radius 1 is 0.349 bits per heavy atom. The molecular weight excluding hydrogens is 528 g/mol. The molecule has 0 aliphatic carbocycles. The van der Waals surface area contributed by atoms with E-state index in [9.17, 15) is 10.2 Å². The predicted molar refractivity (Wildman–Crippen MR) is 189 cm³/mol. The van der Waals surface area contributed by atoms with Crippen LogP contribution in [0.5, 0.6) is 17.2 Å². The van der Waals surface area contributed by atoms with Gasteiger partial charge < -0.3 is 14.9 Å². The lowest BCUT2D eigenvalue weighted by atomic mass is 9.88. The van der Waals surface area contributed by atoms with Crippen LogP contribution in [0.2, 0.25) is 0 Å². The SMILES string of the molecule is CCCCCCCCCCOc1c(O)c(O)c(CCCCCCCC)c(CCCCCCCC)c1CCCCCCCC. The molecule has 0 unspecified atom stereocenters. The van der Waals surface area contributed by atoms with Gasteiger partial charge in [0.05, 0.1) is 6.61 Å². The van der Waals surface area contributed by atoms with Crippen molar-refractivity contribution in [2.24, 2.45) is 0 Å². The summed E-state index contributed by atoms with van der Waals surface area (Å²) in [5.74, 6) is 0.710. The zero-order valence-electron chi connectivity index (χ0n) is 29.5. The molecule has 3 nitrogen and oxygen atoms in total. The molecule has 0 saturated carbocycles. The number of hydrogen-bond donors (Lipinski definition) is 2. The Morgan fingerprint density at radius 3 is 1.09 bits per heavy atom.